The Bertz CT molecular complexity index is 765. The average Bonchev–Trinajstić information content (AvgIpc) is 2.83. The van der Waals surface area contributed by atoms with Crippen LogP contribution >= 0.6 is 7.81 Å². The number of nitrogens with zero attached hydrogens (tertiary/aromatic N) is 6. The van der Waals surface area contributed by atoms with Crippen molar-refractivity contribution in [1.29, 1.82) is 0 Å². The van der Waals surface area contributed by atoms with E-state index in [4.69, 9.17) is 4.74 Å². The fourth-order valence-electron chi connectivity index (χ4n) is 2.39. The molecule has 2 aliphatic heterocycles. The number of fused-ring (bicyclic) bond motifs is 1. The summed E-state index contributed by atoms with van der Waals surface area (Å²) in [6.07, 6.45) is 1.59. The molecule has 0 atom stereocenters. The van der Waals surface area contributed by atoms with Gasteiger partial charge in [-0.1, -0.05) is 0 Å². The number of pyridine rings is 1. The van der Waals surface area contributed by atoms with E-state index in [0.717, 1.165) is 19.0 Å². The summed E-state index contributed by atoms with van der Waals surface area (Å²) in [5.74, 6) is 1.17. The molecule has 3 rings (SSSR count). The van der Waals surface area contributed by atoms with E-state index in [1.54, 1.807) is 16.9 Å². The predicted octanol–water partition coefficient (Wildman–Crippen LogP) is 3.88. The van der Waals surface area contributed by atoms with E-state index in [1.807, 2.05) is 25.1 Å². The summed E-state index contributed by atoms with van der Waals surface area (Å²) in [5.41, 5.74) is 0.692. The normalized spacial score (nSPS) is 21.2. The van der Waals surface area contributed by atoms with Crippen molar-refractivity contribution in [2.75, 3.05) is 40.4 Å². The third-order valence-corrected chi connectivity index (χ3v) is 3.23. The van der Waals surface area contributed by atoms with Crippen LogP contribution in [0.3, 0.4) is 0 Å². The van der Waals surface area contributed by atoms with Gasteiger partial charge in [-0.3, -0.25) is 0 Å². The number of hydrogen-bond acceptors (Lipinski definition) is 4. The molecule has 1 aromatic rings. The minimum atomic E-state index is -10.7. The van der Waals surface area contributed by atoms with Crippen LogP contribution in [0.5, 0.6) is 0 Å². The van der Waals surface area contributed by atoms with E-state index < -0.39 is 7.81 Å². The van der Waals surface area contributed by atoms with Crippen LogP contribution in [0.1, 0.15) is 0 Å². The third kappa shape index (κ3) is 6.79. The second-order valence-electron chi connectivity index (χ2n) is 5.77. The van der Waals surface area contributed by atoms with Crippen LogP contribution in [-0.2, 0) is 4.74 Å². The van der Waals surface area contributed by atoms with Crippen molar-refractivity contribution >= 4 is 25.3 Å². The van der Waals surface area contributed by atoms with E-state index >= 15 is 0 Å². The standard InChI is InChI=1S/C12H17N6O2.F6P/c1-15(2)12(16-6-8-20-9-7-16)17-10-4-3-5-13-11(10)18(19)14-17;1-7(2,3,4,5)6/h3-5H,6-9H2,1-2H3;/q+1;-1. The quantitative estimate of drug-likeness (QED) is 0.209. The second kappa shape index (κ2) is 6.44. The Morgan fingerprint density at radius 2 is 1.74 bits per heavy atom. The molecule has 0 bridgehead atoms. The molecule has 1 fully saturated rings. The summed E-state index contributed by atoms with van der Waals surface area (Å²) in [6, 6.07) is 3.64. The molecule has 3 heterocycles. The molecular formula is C12H17F6N6O2P. The van der Waals surface area contributed by atoms with Crippen molar-refractivity contribution in [1.82, 2.24) is 14.8 Å². The Morgan fingerprint density at radius 3 is 2.26 bits per heavy atom. The van der Waals surface area contributed by atoms with Crippen LogP contribution in [0, 0.1) is 5.21 Å². The van der Waals surface area contributed by atoms with E-state index in [-0.39, 0.29) is 0 Å². The number of rotatable bonds is 0. The van der Waals surface area contributed by atoms with Gasteiger partial charge in [0, 0.05) is 6.20 Å². The van der Waals surface area contributed by atoms with Gasteiger partial charge in [-0.05, 0) is 16.8 Å². The first kappa shape index (κ1) is 21.1. The van der Waals surface area contributed by atoms with Gasteiger partial charge < -0.3 is 9.94 Å². The predicted molar refractivity (Wildman–Crippen MR) is 84.5 cm³/mol. The first-order valence-corrected chi connectivity index (χ1v) is 9.53. The fourth-order valence-corrected chi connectivity index (χ4v) is 2.39. The van der Waals surface area contributed by atoms with Crippen molar-refractivity contribution in [3.8, 4) is 0 Å². The zero-order valence-electron chi connectivity index (χ0n) is 14.3. The number of ether oxygens (including phenoxy) is 1. The summed E-state index contributed by atoms with van der Waals surface area (Å²) in [4.78, 5) is 8.74. The Morgan fingerprint density at radius 1 is 1.19 bits per heavy atom. The summed E-state index contributed by atoms with van der Waals surface area (Å²) < 4.78 is 66.2. The third-order valence-electron chi connectivity index (χ3n) is 3.23. The summed E-state index contributed by atoms with van der Waals surface area (Å²) in [5, 5.41) is 15.9. The van der Waals surface area contributed by atoms with Gasteiger partial charge in [0.2, 0.25) is 5.69 Å². The SMILES string of the molecule is CN(C)C(N1CCOCC1)=[N+]1N=[N+]([O-])c2ncccc21.F[P-](F)(F)(F)(F)F. The summed E-state index contributed by atoms with van der Waals surface area (Å²) >= 11 is 0. The van der Waals surface area contributed by atoms with Crippen LogP contribution in [0.15, 0.2) is 23.6 Å². The number of guanidine groups is 1. The van der Waals surface area contributed by atoms with E-state index in [0.29, 0.717) is 29.6 Å². The number of hydrogen-bond donors (Lipinski definition) is 0. The molecule has 2 aliphatic rings. The second-order valence-corrected chi connectivity index (χ2v) is 7.69. The molecule has 0 aromatic carbocycles. The molecule has 154 valence electrons. The van der Waals surface area contributed by atoms with Crippen LogP contribution in [0.2, 0.25) is 0 Å². The average molecular weight is 422 g/mol. The van der Waals surface area contributed by atoms with Gasteiger partial charge in [-0.15, -0.1) is 4.86 Å². The maximum absolute atomic E-state index is 11.9. The molecule has 0 aliphatic carbocycles. The number of halogens is 6. The molecule has 8 nitrogen and oxygen atoms in total. The van der Waals surface area contributed by atoms with Crippen LogP contribution < -0.4 is 0 Å². The Labute approximate surface area is 149 Å². The molecule has 0 saturated carbocycles. The topological polar surface area (TPSA) is 70.0 Å². The van der Waals surface area contributed by atoms with Crippen LogP contribution in [0.4, 0.5) is 36.7 Å². The van der Waals surface area contributed by atoms with Crippen LogP contribution in [-0.4, -0.2) is 70.7 Å². The zero-order chi connectivity index (χ0) is 20.5. The van der Waals surface area contributed by atoms with Crippen LogP contribution in [0.25, 0.3) is 0 Å². The molecule has 1 saturated heterocycles. The Balaban J connectivity index is 0.000000321. The van der Waals surface area contributed by atoms with Gasteiger partial charge >= 0.3 is 38.9 Å². The van der Waals surface area contributed by atoms with Crippen molar-refractivity contribution in [3.63, 3.8) is 0 Å². The maximum atomic E-state index is 11.9. The number of morpholine rings is 1. The van der Waals surface area contributed by atoms with E-state index in [9.17, 15) is 30.4 Å². The van der Waals surface area contributed by atoms with Crippen molar-refractivity contribution in [2.45, 2.75) is 0 Å². The molecule has 0 unspecified atom stereocenters. The number of aromatic nitrogens is 1. The zero-order valence-corrected chi connectivity index (χ0v) is 15.2. The minimum absolute atomic E-state index is 0.320. The molecule has 0 radical (unpaired) electrons. The van der Waals surface area contributed by atoms with Gasteiger partial charge in [-0.2, -0.15) is 0 Å². The summed E-state index contributed by atoms with van der Waals surface area (Å²) in [6.45, 7) is 2.89. The van der Waals surface area contributed by atoms with Crippen molar-refractivity contribution < 1.29 is 39.5 Å². The molecular weight excluding hydrogens is 405 g/mol. The molecule has 1 aromatic heterocycles. The molecule has 0 amide bonds. The van der Waals surface area contributed by atoms with E-state index in [1.165, 1.54) is 0 Å². The van der Waals surface area contributed by atoms with E-state index in [2.05, 4.69) is 15.1 Å². The van der Waals surface area contributed by atoms with Gasteiger partial charge in [0.25, 0.3) is 5.82 Å². The van der Waals surface area contributed by atoms with Gasteiger partial charge in [-0.25, -0.2) is 14.8 Å². The van der Waals surface area contributed by atoms with Crippen molar-refractivity contribution in [2.24, 2.45) is 5.22 Å². The Hall–Kier alpha value is -2.21. The molecule has 0 spiro atoms. The van der Waals surface area contributed by atoms with Crippen molar-refractivity contribution in [3.05, 3.63) is 23.5 Å². The first-order chi connectivity index (χ1) is 12.1. The fraction of sp³-hybridized carbons (Fsp3) is 0.500. The molecule has 0 N–H and O–H groups in total. The summed E-state index contributed by atoms with van der Waals surface area (Å²) in [7, 11) is -6.79. The molecule has 15 heteroatoms. The first-order valence-electron chi connectivity index (χ1n) is 7.51. The monoisotopic (exact) mass is 422 g/mol. The van der Waals surface area contributed by atoms with Gasteiger partial charge in [0.1, 0.15) is 18.3 Å². The van der Waals surface area contributed by atoms with Gasteiger partial charge in [0.15, 0.2) is 0 Å². The molecule has 27 heavy (non-hydrogen) atoms. The Kier molecular flexibility index (Phi) is 5.03. The van der Waals surface area contributed by atoms with Gasteiger partial charge in [0.05, 0.1) is 27.3 Å².